The lowest BCUT2D eigenvalue weighted by Crippen LogP contribution is -2.51. The fourth-order valence-corrected chi connectivity index (χ4v) is 3.24. The van der Waals surface area contributed by atoms with Gasteiger partial charge in [-0.2, -0.15) is 0 Å². The number of aromatic nitrogens is 3. The molecule has 3 heterocycles. The number of aromatic amines is 1. The first-order chi connectivity index (χ1) is 11.5. The highest BCUT2D eigenvalue weighted by molar-refractivity contribution is 5.94. The predicted molar refractivity (Wildman–Crippen MR) is 90.9 cm³/mol. The highest BCUT2D eigenvalue weighted by Gasteiger charge is 2.32. The van der Waals surface area contributed by atoms with Crippen molar-refractivity contribution in [2.45, 2.75) is 19.9 Å². The van der Waals surface area contributed by atoms with Gasteiger partial charge in [0, 0.05) is 44.8 Å². The Bertz CT molecular complexity index is 794. The van der Waals surface area contributed by atoms with E-state index in [2.05, 4.69) is 21.8 Å². The Kier molecular flexibility index (Phi) is 4.53. The number of nitrogens with one attached hydrogen (secondary N) is 1. The van der Waals surface area contributed by atoms with Crippen molar-refractivity contribution in [1.29, 1.82) is 0 Å². The Morgan fingerprint density at radius 2 is 2.17 bits per heavy atom. The molecule has 1 aliphatic heterocycles. The number of H-pyrrole nitrogens is 1. The molecule has 1 N–H and O–H groups in total. The van der Waals surface area contributed by atoms with E-state index in [1.54, 1.807) is 30.2 Å². The Hall–Kier alpha value is -2.41. The van der Waals surface area contributed by atoms with E-state index in [-0.39, 0.29) is 23.1 Å². The summed E-state index contributed by atoms with van der Waals surface area (Å²) in [5.74, 6) is 0.721. The van der Waals surface area contributed by atoms with Crippen LogP contribution in [0.4, 0.5) is 0 Å². The van der Waals surface area contributed by atoms with Crippen LogP contribution in [-0.4, -0.2) is 56.4 Å². The van der Waals surface area contributed by atoms with Crippen LogP contribution in [0, 0.1) is 6.92 Å². The fraction of sp³-hybridized carbons (Fsp3) is 0.471. The molecule has 3 rings (SSSR count). The molecule has 0 aromatic carbocycles. The Morgan fingerprint density at radius 3 is 2.79 bits per heavy atom. The highest BCUT2D eigenvalue weighted by Crippen LogP contribution is 2.24. The van der Waals surface area contributed by atoms with Gasteiger partial charge in [-0.3, -0.25) is 14.5 Å². The van der Waals surface area contributed by atoms with Gasteiger partial charge in [-0.25, -0.2) is 4.98 Å². The summed E-state index contributed by atoms with van der Waals surface area (Å²) in [6, 6.07) is 3.41. The number of rotatable bonds is 3. The van der Waals surface area contributed by atoms with E-state index in [0.29, 0.717) is 13.1 Å². The van der Waals surface area contributed by atoms with Gasteiger partial charge in [-0.1, -0.05) is 6.92 Å². The summed E-state index contributed by atoms with van der Waals surface area (Å²) in [6.45, 7) is 6.71. The molecule has 7 heteroatoms. The maximum absolute atomic E-state index is 12.8. The van der Waals surface area contributed by atoms with Crippen LogP contribution < -0.4 is 5.56 Å². The molecule has 1 aliphatic rings. The van der Waals surface area contributed by atoms with E-state index < -0.39 is 0 Å². The second-order valence-electron chi connectivity index (χ2n) is 6.18. The molecular weight excluding hydrogens is 306 g/mol. The van der Waals surface area contributed by atoms with E-state index in [0.717, 1.165) is 24.6 Å². The summed E-state index contributed by atoms with van der Waals surface area (Å²) in [5.41, 5.74) is 0.619. The number of carbonyl (C=O) groups is 1. The molecule has 2 aromatic rings. The average molecular weight is 329 g/mol. The van der Waals surface area contributed by atoms with Gasteiger partial charge in [-0.15, -0.1) is 0 Å². The summed E-state index contributed by atoms with van der Waals surface area (Å²) >= 11 is 0. The molecule has 128 valence electrons. The maximum Gasteiger partial charge on any atom is 0.260 e. The third-order valence-corrected chi connectivity index (χ3v) is 4.63. The molecule has 0 radical (unpaired) electrons. The van der Waals surface area contributed by atoms with Gasteiger partial charge in [0.1, 0.15) is 11.4 Å². The Balaban J connectivity index is 1.86. The van der Waals surface area contributed by atoms with Crippen LogP contribution in [0.15, 0.2) is 29.3 Å². The lowest BCUT2D eigenvalue weighted by molar-refractivity contribution is 0.0471. The zero-order valence-electron chi connectivity index (χ0n) is 14.3. The monoisotopic (exact) mass is 329 g/mol. The van der Waals surface area contributed by atoms with E-state index in [4.69, 9.17) is 0 Å². The summed E-state index contributed by atoms with van der Waals surface area (Å²) in [7, 11) is 1.96. The van der Waals surface area contributed by atoms with Crippen LogP contribution >= 0.6 is 0 Å². The smallest absolute Gasteiger partial charge is 0.260 e. The number of nitrogens with zero attached hydrogens (tertiary/aromatic N) is 4. The molecule has 0 spiro atoms. The third kappa shape index (κ3) is 2.99. The SMILES string of the molecule is CCN1CCN(C(=O)c2ccc(C)[nH]c2=O)C[C@@H]1c1nccn1C. The summed E-state index contributed by atoms with van der Waals surface area (Å²) in [6.07, 6.45) is 3.68. The number of hydrogen-bond acceptors (Lipinski definition) is 4. The number of aryl methyl sites for hydroxylation is 2. The van der Waals surface area contributed by atoms with Crippen molar-refractivity contribution < 1.29 is 4.79 Å². The van der Waals surface area contributed by atoms with Crippen LogP contribution in [-0.2, 0) is 7.05 Å². The topological polar surface area (TPSA) is 74.2 Å². The number of piperazine rings is 1. The standard InChI is InChI=1S/C17H23N5O2/c1-4-21-9-10-22(11-14(21)15-18-7-8-20(15)3)17(24)13-6-5-12(2)19-16(13)23/h5-8,14H,4,9-11H2,1-3H3,(H,19,23)/t14-/m1/s1. The molecule has 0 saturated carbocycles. The Labute approximate surface area is 140 Å². The minimum atomic E-state index is -0.327. The van der Waals surface area contributed by atoms with Crippen molar-refractivity contribution >= 4 is 5.91 Å². The summed E-state index contributed by atoms with van der Waals surface area (Å²) in [4.78, 5) is 36.1. The minimum Gasteiger partial charge on any atom is -0.337 e. The second-order valence-corrected chi connectivity index (χ2v) is 6.18. The van der Waals surface area contributed by atoms with Gasteiger partial charge in [0.05, 0.1) is 6.04 Å². The lowest BCUT2D eigenvalue weighted by Gasteiger charge is -2.40. The average Bonchev–Trinajstić information content (AvgIpc) is 2.99. The van der Waals surface area contributed by atoms with Crippen molar-refractivity contribution in [3.05, 3.63) is 52.0 Å². The van der Waals surface area contributed by atoms with E-state index in [1.165, 1.54) is 0 Å². The summed E-state index contributed by atoms with van der Waals surface area (Å²) < 4.78 is 1.99. The van der Waals surface area contributed by atoms with Crippen LogP contribution in [0.1, 0.15) is 34.8 Å². The van der Waals surface area contributed by atoms with Crippen molar-refractivity contribution in [3.8, 4) is 0 Å². The zero-order valence-corrected chi connectivity index (χ0v) is 14.3. The quantitative estimate of drug-likeness (QED) is 0.909. The largest absolute Gasteiger partial charge is 0.337 e. The Morgan fingerprint density at radius 1 is 1.38 bits per heavy atom. The van der Waals surface area contributed by atoms with Crippen LogP contribution in [0.2, 0.25) is 0 Å². The number of carbonyl (C=O) groups excluding carboxylic acids is 1. The number of likely N-dealkylation sites (N-methyl/N-ethyl adjacent to an activating group) is 1. The van der Waals surface area contributed by atoms with Gasteiger partial charge in [-0.05, 0) is 25.6 Å². The summed E-state index contributed by atoms with van der Waals surface area (Å²) in [5, 5.41) is 0. The van der Waals surface area contributed by atoms with E-state index in [9.17, 15) is 9.59 Å². The first-order valence-electron chi connectivity index (χ1n) is 8.21. The van der Waals surface area contributed by atoms with Crippen LogP contribution in [0.5, 0.6) is 0 Å². The van der Waals surface area contributed by atoms with Crippen molar-refractivity contribution in [2.24, 2.45) is 7.05 Å². The molecule has 1 fully saturated rings. The van der Waals surface area contributed by atoms with E-state index in [1.807, 2.05) is 17.8 Å². The molecule has 0 bridgehead atoms. The fourth-order valence-electron chi connectivity index (χ4n) is 3.24. The maximum atomic E-state index is 12.8. The predicted octanol–water partition coefficient (Wildman–Crippen LogP) is 0.936. The van der Waals surface area contributed by atoms with E-state index >= 15 is 0 Å². The van der Waals surface area contributed by atoms with Crippen molar-refractivity contribution in [1.82, 2.24) is 24.3 Å². The molecular formula is C17H23N5O2. The zero-order chi connectivity index (χ0) is 17.3. The van der Waals surface area contributed by atoms with Crippen molar-refractivity contribution in [2.75, 3.05) is 26.2 Å². The third-order valence-electron chi connectivity index (χ3n) is 4.63. The molecule has 2 aromatic heterocycles. The number of pyridine rings is 1. The molecule has 0 unspecified atom stereocenters. The van der Waals surface area contributed by atoms with Gasteiger partial charge >= 0.3 is 0 Å². The van der Waals surface area contributed by atoms with Gasteiger partial charge in [0.2, 0.25) is 0 Å². The first-order valence-corrected chi connectivity index (χ1v) is 8.21. The molecule has 7 nitrogen and oxygen atoms in total. The first kappa shape index (κ1) is 16.4. The number of hydrogen-bond donors (Lipinski definition) is 1. The second kappa shape index (κ2) is 6.60. The lowest BCUT2D eigenvalue weighted by atomic mass is 10.1. The number of imidazole rings is 1. The number of amides is 1. The normalized spacial score (nSPS) is 18.8. The van der Waals surface area contributed by atoms with Gasteiger partial charge < -0.3 is 14.5 Å². The highest BCUT2D eigenvalue weighted by atomic mass is 16.2. The van der Waals surface area contributed by atoms with Crippen molar-refractivity contribution in [3.63, 3.8) is 0 Å². The molecule has 1 saturated heterocycles. The molecule has 1 amide bonds. The minimum absolute atomic E-state index is 0.0391. The molecule has 1 atom stereocenters. The van der Waals surface area contributed by atoms with Gasteiger partial charge in [0.25, 0.3) is 11.5 Å². The van der Waals surface area contributed by atoms with Crippen LogP contribution in [0.3, 0.4) is 0 Å². The molecule has 24 heavy (non-hydrogen) atoms. The van der Waals surface area contributed by atoms with Crippen LogP contribution in [0.25, 0.3) is 0 Å². The van der Waals surface area contributed by atoms with Gasteiger partial charge in [0.15, 0.2) is 0 Å². The molecule has 0 aliphatic carbocycles.